The van der Waals surface area contributed by atoms with Crippen molar-refractivity contribution >= 4 is 5.69 Å². The Morgan fingerprint density at radius 1 is 1.16 bits per heavy atom. The molecule has 0 unspecified atom stereocenters. The van der Waals surface area contributed by atoms with Crippen molar-refractivity contribution < 1.29 is 9.66 Å². The van der Waals surface area contributed by atoms with E-state index in [1.54, 1.807) is 30.3 Å². The molecule has 0 radical (unpaired) electrons. The minimum Gasteiger partial charge on any atom is -0.457 e. The summed E-state index contributed by atoms with van der Waals surface area (Å²) in [7, 11) is 0. The second-order valence-electron chi connectivity index (χ2n) is 3.84. The third-order valence-corrected chi connectivity index (χ3v) is 2.45. The van der Waals surface area contributed by atoms with E-state index in [2.05, 4.69) is 6.07 Å². The molecule has 0 aliphatic heterocycles. The topological polar surface area (TPSA) is 76.2 Å². The average Bonchev–Trinajstić information content (AvgIpc) is 2.40. The molecule has 0 saturated heterocycles. The van der Waals surface area contributed by atoms with Crippen LogP contribution in [0.4, 0.5) is 5.69 Å². The fourth-order valence-corrected chi connectivity index (χ4v) is 1.61. The highest BCUT2D eigenvalue weighted by Crippen LogP contribution is 2.25. The number of nitrogens with zero attached hydrogens (tertiary/aromatic N) is 2. The molecular weight excluding hydrogens is 244 g/mol. The van der Waals surface area contributed by atoms with Crippen molar-refractivity contribution in [2.24, 2.45) is 0 Å². The van der Waals surface area contributed by atoms with Gasteiger partial charge in [0.1, 0.15) is 11.5 Å². The van der Waals surface area contributed by atoms with E-state index in [1.807, 2.05) is 6.07 Å². The molecule has 5 nitrogen and oxygen atoms in total. The second-order valence-corrected chi connectivity index (χ2v) is 3.84. The van der Waals surface area contributed by atoms with Crippen LogP contribution >= 0.6 is 0 Å². The van der Waals surface area contributed by atoms with Crippen LogP contribution < -0.4 is 4.74 Å². The van der Waals surface area contributed by atoms with Gasteiger partial charge in [-0.2, -0.15) is 5.26 Å². The number of nitriles is 1. The molecule has 0 spiro atoms. The lowest BCUT2D eigenvalue weighted by atomic mass is 10.1. The van der Waals surface area contributed by atoms with E-state index in [0.717, 1.165) is 5.56 Å². The van der Waals surface area contributed by atoms with Gasteiger partial charge in [0.05, 0.1) is 23.5 Å². The van der Waals surface area contributed by atoms with Crippen LogP contribution in [-0.4, -0.2) is 4.92 Å². The Hall–Kier alpha value is -2.87. The van der Waals surface area contributed by atoms with Gasteiger partial charge in [-0.15, -0.1) is 0 Å². The zero-order valence-electron chi connectivity index (χ0n) is 9.95. The Balaban J connectivity index is 2.21. The van der Waals surface area contributed by atoms with Crippen molar-refractivity contribution in [3.63, 3.8) is 0 Å². The van der Waals surface area contributed by atoms with Crippen LogP contribution in [-0.2, 0) is 6.42 Å². The predicted molar refractivity (Wildman–Crippen MR) is 68.9 cm³/mol. The van der Waals surface area contributed by atoms with Crippen LogP contribution in [0.25, 0.3) is 0 Å². The molecule has 0 aromatic heterocycles. The fourth-order valence-electron chi connectivity index (χ4n) is 1.61. The molecule has 0 aliphatic rings. The van der Waals surface area contributed by atoms with Crippen LogP contribution in [0, 0.1) is 21.4 Å². The maximum Gasteiger partial charge on any atom is 0.273 e. The van der Waals surface area contributed by atoms with Gasteiger partial charge in [0.25, 0.3) is 5.69 Å². The lowest BCUT2D eigenvalue weighted by Crippen LogP contribution is -1.90. The second kappa shape index (κ2) is 5.65. The zero-order valence-corrected chi connectivity index (χ0v) is 9.95. The highest BCUT2D eigenvalue weighted by molar-refractivity contribution is 5.41. The van der Waals surface area contributed by atoms with Crippen LogP contribution in [0.2, 0.25) is 0 Å². The van der Waals surface area contributed by atoms with E-state index in [-0.39, 0.29) is 5.69 Å². The largest absolute Gasteiger partial charge is 0.457 e. The summed E-state index contributed by atoms with van der Waals surface area (Å²) >= 11 is 0. The number of hydrogen-bond donors (Lipinski definition) is 0. The fraction of sp³-hybridized carbons (Fsp3) is 0.0714. The first-order valence-corrected chi connectivity index (χ1v) is 5.57. The van der Waals surface area contributed by atoms with Gasteiger partial charge in [0, 0.05) is 6.07 Å². The van der Waals surface area contributed by atoms with Crippen LogP contribution in [0.5, 0.6) is 11.5 Å². The molecular formula is C14H10N2O3. The van der Waals surface area contributed by atoms with E-state index < -0.39 is 4.92 Å². The summed E-state index contributed by atoms with van der Waals surface area (Å²) in [6.45, 7) is 0. The number of nitro benzene ring substituents is 1. The van der Waals surface area contributed by atoms with Crippen molar-refractivity contribution in [2.45, 2.75) is 6.42 Å². The summed E-state index contributed by atoms with van der Waals surface area (Å²) in [6.07, 6.45) is 0.298. The van der Waals surface area contributed by atoms with Crippen molar-refractivity contribution in [1.29, 1.82) is 5.26 Å². The maximum absolute atomic E-state index is 10.7. The number of rotatable bonds is 4. The lowest BCUT2D eigenvalue weighted by molar-refractivity contribution is -0.384. The minimum absolute atomic E-state index is 0.0225. The Morgan fingerprint density at radius 3 is 2.53 bits per heavy atom. The van der Waals surface area contributed by atoms with Crippen molar-refractivity contribution in [3.8, 4) is 17.6 Å². The standard InChI is InChI=1S/C14H10N2O3/c15-8-7-11-3-1-5-13(9-11)19-14-6-2-4-12(10-14)16(17)18/h1-6,9-10H,7H2. The molecule has 5 heteroatoms. The first-order chi connectivity index (χ1) is 9.19. The van der Waals surface area contributed by atoms with Crippen molar-refractivity contribution in [2.75, 3.05) is 0 Å². The van der Waals surface area contributed by atoms with Crippen LogP contribution in [0.3, 0.4) is 0 Å². The summed E-state index contributed by atoms with van der Waals surface area (Å²) in [5.41, 5.74) is 0.816. The minimum atomic E-state index is -0.473. The quantitative estimate of drug-likeness (QED) is 0.618. The van der Waals surface area contributed by atoms with Gasteiger partial charge in [0.2, 0.25) is 0 Å². The van der Waals surface area contributed by atoms with Gasteiger partial charge in [-0.1, -0.05) is 18.2 Å². The molecule has 94 valence electrons. The van der Waals surface area contributed by atoms with E-state index in [0.29, 0.717) is 17.9 Å². The van der Waals surface area contributed by atoms with E-state index in [4.69, 9.17) is 10.00 Å². The SMILES string of the molecule is N#CCc1cccc(Oc2cccc([N+](=O)[O-])c2)c1. The Bertz CT molecular complexity index is 647. The molecule has 0 atom stereocenters. The molecule has 0 amide bonds. The molecule has 0 heterocycles. The van der Waals surface area contributed by atoms with Crippen molar-refractivity contribution in [3.05, 3.63) is 64.2 Å². The summed E-state index contributed by atoms with van der Waals surface area (Å²) in [5.74, 6) is 0.941. The van der Waals surface area contributed by atoms with E-state index in [9.17, 15) is 10.1 Å². The van der Waals surface area contributed by atoms with Crippen LogP contribution in [0.1, 0.15) is 5.56 Å². The predicted octanol–water partition coefficient (Wildman–Crippen LogP) is 3.45. The van der Waals surface area contributed by atoms with Gasteiger partial charge in [-0.3, -0.25) is 10.1 Å². The highest BCUT2D eigenvalue weighted by Gasteiger charge is 2.07. The summed E-state index contributed by atoms with van der Waals surface area (Å²) in [5, 5.41) is 19.3. The number of non-ortho nitro benzene ring substituents is 1. The molecule has 19 heavy (non-hydrogen) atoms. The highest BCUT2D eigenvalue weighted by atomic mass is 16.6. The molecule has 0 aliphatic carbocycles. The third kappa shape index (κ3) is 3.30. The van der Waals surface area contributed by atoms with Gasteiger partial charge < -0.3 is 4.74 Å². The first kappa shape index (κ1) is 12.6. The molecule has 0 fully saturated rings. The maximum atomic E-state index is 10.7. The molecule has 2 aromatic carbocycles. The molecule has 0 saturated carbocycles. The average molecular weight is 254 g/mol. The Labute approximate surface area is 109 Å². The van der Waals surface area contributed by atoms with Gasteiger partial charge in [-0.25, -0.2) is 0 Å². The number of ether oxygens (including phenoxy) is 1. The third-order valence-electron chi connectivity index (χ3n) is 2.45. The van der Waals surface area contributed by atoms with Crippen LogP contribution in [0.15, 0.2) is 48.5 Å². The zero-order chi connectivity index (χ0) is 13.7. The smallest absolute Gasteiger partial charge is 0.273 e. The number of nitro groups is 1. The van der Waals surface area contributed by atoms with E-state index in [1.165, 1.54) is 12.1 Å². The monoisotopic (exact) mass is 254 g/mol. The van der Waals surface area contributed by atoms with Gasteiger partial charge in [0.15, 0.2) is 0 Å². The van der Waals surface area contributed by atoms with Gasteiger partial charge in [-0.05, 0) is 23.8 Å². The first-order valence-electron chi connectivity index (χ1n) is 5.57. The summed E-state index contributed by atoms with van der Waals surface area (Å²) in [4.78, 5) is 10.2. The van der Waals surface area contributed by atoms with E-state index >= 15 is 0 Å². The molecule has 2 aromatic rings. The molecule has 2 rings (SSSR count). The Morgan fingerprint density at radius 2 is 1.84 bits per heavy atom. The molecule has 0 N–H and O–H groups in total. The number of benzene rings is 2. The molecule has 0 bridgehead atoms. The summed E-state index contributed by atoms with van der Waals surface area (Å²) < 4.78 is 5.54. The summed E-state index contributed by atoms with van der Waals surface area (Å²) in [6, 6.07) is 15.1. The van der Waals surface area contributed by atoms with Crippen molar-refractivity contribution in [1.82, 2.24) is 0 Å². The Kier molecular flexibility index (Phi) is 3.74. The van der Waals surface area contributed by atoms with Gasteiger partial charge >= 0.3 is 0 Å². The normalized spacial score (nSPS) is 9.63. The lowest BCUT2D eigenvalue weighted by Gasteiger charge is -2.06. The number of hydrogen-bond acceptors (Lipinski definition) is 4.